The number of carbonyl (C=O) groups is 2. The van der Waals surface area contributed by atoms with Crippen molar-refractivity contribution in [1.82, 2.24) is 14.5 Å². The predicted octanol–water partition coefficient (Wildman–Crippen LogP) is 5.64. The van der Waals surface area contributed by atoms with E-state index >= 15 is 0 Å². The highest BCUT2D eigenvalue weighted by Gasteiger charge is 2.33. The lowest BCUT2D eigenvalue weighted by atomic mass is 10.0. The average molecular weight is 651 g/mol. The van der Waals surface area contributed by atoms with Crippen molar-refractivity contribution in [2.24, 2.45) is 5.92 Å². The standard InChI is InChI=1S/C33H36BrN3O4S/c1-24(2)21-35-33(39)31(19-25-9-5-4-6-10-25)37(22-26-13-16-29(34)17-14-26)32(38)23-36(3)42(40,41)30-18-15-27-11-7-8-12-28(27)20-30/h4-18,20,24,31H,19,21-23H2,1-3H3,(H,35,39). The highest BCUT2D eigenvalue weighted by atomic mass is 79.9. The van der Waals surface area contributed by atoms with Gasteiger partial charge in [-0.3, -0.25) is 9.59 Å². The number of nitrogens with one attached hydrogen (secondary N) is 1. The van der Waals surface area contributed by atoms with Gasteiger partial charge in [0.15, 0.2) is 0 Å². The lowest BCUT2D eigenvalue weighted by molar-refractivity contribution is -0.141. The molecule has 9 heteroatoms. The number of hydrogen-bond acceptors (Lipinski definition) is 4. The van der Waals surface area contributed by atoms with Gasteiger partial charge in [0.05, 0.1) is 11.4 Å². The van der Waals surface area contributed by atoms with Gasteiger partial charge in [0.25, 0.3) is 0 Å². The quantitative estimate of drug-likeness (QED) is 0.215. The third-order valence-electron chi connectivity index (χ3n) is 7.01. The third kappa shape index (κ3) is 8.06. The molecule has 4 rings (SSSR count). The Morgan fingerprint density at radius 3 is 2.14 bits per heavy atom. The Labute approximate surface area is 256 Å². The van der Waals surface area contributed by atoms with Crippen LogP contribution in [0.3, 0.4) is 0 Å². The molecule has 42 heavy (non-hydrogen) atoms. The normalized spacial score (nSPS) is 12.4. The van der Waals surface area contributed by atoms with Crippen LogP contribution in [0.4, 0.5) is 0 Å². The lowest BCUT2D eigenvalue weighted by Gasteiger charge is -2.33. The molecule has 0 aliphatic heterocycles. The van der Waals surface area contributed by atoms with E-state index in [1.165, 1.54) is 11.9 Å². The molecule has 0 saturated heterocycles. The molecule has 0 bridgehead atoms. The fourth-order valence-corrected chi connectivity index (χ4v) is 6.06. The van der Waals surface area contributed by atoms with Gasteiger partial charge >= 0.3 is 0 Å². The van der Waals surface area contributed by atoms with Crippen LogP contribution in [0.1, 0.15) is 25.0 Å². The van der Waals surface area contributed by atoms with E-state index in [2.05, 4.69) is 21.2 Å². The maximum Gasteiger partial charge on any atom is 0.243 e. The molecule has 0 spiro atoms. The van der Waals surface area contributed by atoms with Gasteiger partial charge in [0.2, 0.25) is 21.8 Å². The van der Waals surface area contributed by atoms with Crippen LogP contribution < -0.4 is 5.32 Å². The first-order valence-electron chi connectivity index (χ1n) is 13.9. The minimum absolute atomic E-state index is 0.103. The Kier molecular flexibility index (Phi) is 10.5. The smallest absolute Gasteiger partial charge is 0.243 e. The number of hydrogen-bond donors (Lipinski definition) is 1. The van der Waals surface area contributed by atoms with Crippen molar-refractivity contribution >= 4 is 48.5 Å². The first-order chi connectivity index (χ1) is 20.0. The van der Waals surface area contributed by atoms with E-state index in [4.69, 9.17) is 0 Å². The number of sulfonamides is 1. The number of halogens is 1. The number of likely N-dealkylation sites (N-methyl/N-ethyl adjacent to an activating group) is 1. The van der Waals surface area contributed by atoms with Gasteiger partial charge in [-0.25, -0.2) is 8.42 Å². The van der Waals surface area contributed by atoms with E-state index in [1.54, 1.807) is 18.2 Å². The highest BCUT2D eigenvalue weighted by molar-refractivity contribution is 9.10. The fraction of sp³-hybridized carbons (Fsp3) is 0.273. The molecule has 0 radical (unpaired) electrons. The van der Waals surface area contributed by atoms with Crippen LogP contribution in [0.5, 0.6) is 0 Å². The largest absolute Gasteiger partial charge is 0.354 e. The number of benzene rings is 4. The molecule has 0 saturated carbocycles. The molecule has 4 aromatic carbocycles. The summed E-state index contributed by atoms with van der Waals surface area (Å²) in [4.78, 5) is 29.2. The Bertz CT molecular complexity index is 1630. The molecule has 0 fully saturated rings. The molecule has 220 valence electrons. The van der Waals surface area contributed by atoms with E-state index in [1.807, 2.05) is 92.7 Å². The fourth-order valence-electron chi connectivity index (χ4n) is 4.64. The molecule has 0 heterocycles. The number of fused-ring (bicyclic) bond motifs is 1. The van der Waals surface area contributed by atoms with Gasteiger partial charge in [-0.2, -0.15) is 4.31 Å². The summed E-state index contributed by atoms with van der Waals surface area (Å²) in [5.74, 6) is -0.524. The van der Waals surface area contributed by atoms with Crippen molar-refractivity contribution < 1.29 is 18.0 Å². The zero-order chi connectivity index (χ0) is 30.3. The van der Waals surface area contributed by atoms with Gasteiger partial charge in [0.1, 0.15) is 6.04 Å². The van der Waals surface area contributed by atoms with Crippen molar-refractivity contribution in [2.45, 2.75) is 37.8 Å². The van der Waals surface area contributed by atoms with Gasteiger partial charge in [-0.1, -0.05) is 103 Å². The minimum atomic E-state index is -3.98. The molecular formula is C33H36BrN3O4S. The predicted molar refractivity (Wildman–Crippen MR) is 170 cm³/mol. The number of rotatable bonds is 12. The molecule has 1 unspecified atom stereocenters. The Morgan fingerprint density at radius 1 is 0.833 bits per heavy atom. The molecule has 1 N–H and O–H groups in total. The monoisotopic (exact) mass is 649 g/mol. The lowest BCUT2D eigenvalue weighted by Crippen LogP contribution is -2.53. The molecule has 1 atom stereocenters. The summed E-state index contributed by atoms with van der Waals surface area (Å²) in [5, 5.41) is 4.70. The van der Waals surface area contributed by atoms with E-state index in [0.717, 1.165) is 30.7 Å². The summed E-state index contributed by atoms with van der Waals surface area (Å²) in [6, 6.07) is 28.6. The van der Waals surface area contributed by atoms with E-state index < -0.39 is 28.5 Å². The van der Waals surface area contributed by atoms with Crippen LogP contribution >= 0.6 is 15.9 Å². The van der Waals surface area contributed by atoms with Crippen LogP contribution in [0, 0.1) is 5.92 Å². The molecule has 0 aliphatic rings. The van der Waals surface area contributed by atoms with Crippen molar-refractivity contribution in [3.8, 4) is 0 Å². The second-order valence-electron chi connectivity index (χ2n) is 10.8. The SMILES string of the molecule is CC(C)CNC(=O)C(Cc1ccccc1)N(Cc1ccc(Br)cc1)C(=O)CN(C)S(=O)(=O)c1ccc2ccccc2c1. The number of nitrogens with zero attached hydrogens (tertiary/aromatic N) is 2. The highest BCUT2D eigenvalue weighted by Crippen LogP contribution is 2.22. The second kappa shape index (κ2) is 14.1. The zero-order valence-corrected chi connectivity index (χ0v) is 26.4. The zero-order valence-electron chi connectivity index (χ0n) is 24.0. The number of amides is 2. The minimum Gasteiger partial charge on any atom is -0.354 e. The summed E-state index contributed by atoms with van der Waals surface area (Å²) >= 11 is 3.44. The summed E-state index contributed by atoms with van der Waals surface area (Å²) < 4.78 is 29.1. The van der Waals surface area contributed by atoms with Crippen LogP contribution in [0.2, 0.25) is 0 Å². The first-order valence-corrected chi connectivity index (χ1v) is 16.1. The maximum absolute atomic E-state index is 14.0. The van der Waals surface area contributed by atoms with Gasteiger partial charge in [-0.15, -0.1) is 0 Å². The van der Waals surface area contributed by atoms with Gasteiger partial charge < -0.3 is 10.2 Å². The van der Waals surface area contributed by atoms with Crippen molar-refractivity contribution in [3.63, 3.8) is 0 Å². The molecular weight excluding hydrogens is 614 g/mol. The van der Waals surface area contributed by atoms with Gasteiger partial charge in [-0.05, 0) is 52.1 Å². The second-order valence-corrected chi connectivity index (χ2v) is 13.7. The topological polar surface area (TPSA) is 86.8 Å². The van der Waals surface area contributed by atoms with E-state index in [9.17, 15) is 18.0 Å². The molecule has 0 aliphatic carbocycles. The van der Waals surface area contributed by atoms with E-state index in [0.29, 0.717) is 6.54 Å². The molecule has 2 amide bonds. The van der Waals surface area contributed by atoms with Crippen LogP contribution in [0.15, 0.2) is 106 Å². The molecule has 4 aromatic rings. The van der Waals surface area contributed by atoms with E-state index in [-0.39, 0.29) is 29.7 Å². The Hall–Kier alpha value is -3.53. The summed E-state index contributed by atoms with van der Waals surface area (Å²) in [6.45, 7) is 4.19. The summed E-state index contributed by atoms with van der Waals surface area (Å²) in [7, 11) is -2.59. The van der Waals surface area contributed by atoms with Crippen molar-refractivity contribution in [3.05, 3.63) is 113 Å². The van der Waals surface area contributed by atoms with Crippen molar-refractivity contribution in [2.75, 3.05) is 20.1 Å². The van der Waals surface area contributed by atoms with Crippen molar-refractivity contribution in [1.29, 1.82) is 0 Å². The maximum atomic E-state index is 14.0. The van der Waals surface area contributed by atoms with Crippen LogP contribution in [0.25, 0.3) is 10.8 Å². The molecule has 0 aromatic heterocycles. The summed E-state index contributed by atoms with van der Waals surface area (Å²) in [5.41, 5.74) is 1.72. The van der Waals surface area contributed by atoms with Gasteiger partial charge in [0, 0.05) is 31.0 Å². The molecule has 7 nitrogen and oxygen atoms in total. The van der Waals surface area contributed by atoms with Crippen LogP contribution in [-0.2, 0) is 32.6 Å². The first kappa shape index (κ1) is 31.4. The Balaban J connectivity index is 1.66. The summed E-state index contributed by atoms with van der Waals surface area (Å²) in [6.07, 6.45) is 0.286. The Morgan fingerprint density at radius 2 is 1.48 bits per heavy atom. The third-order valence-corrected chi connectivity index (χ3v) is 9.34. The van der Waals surface area contributed by atoms with Crippen LogP contribution in [-0.4, -0.2) is 55.6 Å². The number of carbonyl (C=O) groups excluding carboxylic acids is 2. The average Bonchev–Trinajstić information content (AvgIpc) is 2.98.